The van der Waals surface area contributed by atoms with Gasteiger partial charge in [0.2, 0.25) is 0 Å². The number of ether oxygens (including phenoxy) is 2. The average Bonchev–Trinajstić information content (AvgIpc) is 2.31. The first-order valence-electron chi connectivity index (χ1n) is 6.83. The zero-order valence-electron chi connectivity index (χ0n) is 11.8. The van der Waals surface area contributed by atoms with Crippen molar-refractivity contribution in [2.24, 2.45) is 0 Å². The SMILES string of the molecule is CCOc1ccc(NC2CCOC(C)(C)C2)cc1F. The van der Waals surface area contributed by atoms with Crippen LogP contribution in [0.25, 0.3) is 0 Å². The Morgan fingerprint density at radius 1 is 1.47 bits per heavy atom. The van der Waals surface area contributed by atoms with Crippen LogP contribution in [0.4, 0.5) is 10.1 Å². The predicted molar refractivity (Wildman–Crippen MR) is 74.2 cm³/mol. The number of anilines is 1. The lowest BCUT2D eigenvalue weighted by Gasteiger charge is -2.36. The van der Waals surface area contributed by atoms with Crippen LogP contribution in [0, 0.1) is 5.82 Å². The number of nitrogens with one attached hydrogen (secondary N) is 1. The van der Waals surface area contributed by atoms with E-state index in [0.29, 0.717) is 18.4 Å². The maximum absolute atomic E-state index is 13.8. The van der Waals surface area contributed by atoms with Gasteiger partial charge in [0.25, 0.3) is 0 Å². The highest BCUT2D eigenvalue weighted by Crippen LogP contribution is 2.28. The van der Waals surface area contributed by atoms with Crippen LogP contribution in [0.15, 0.2) is 18.2 Å². The fraction of sp³-hybridized carbons (Fsp3) is 0.600. The Labute approximate surface area is 114 Å². The molecule has 1 aliphatic rings. The molecule has 0 saturated carbocycles. The quantitative estimate of drug-likeness (QED) is 0.904. The van der Waals surface area contributed by atoms with E-state index >= 15 is 0 Å². The zero-order chi connectivity index (χ0) is 13.9. The summed E-state index contributed by atoms with van der Waals surface area (Å²) in [5, 5.41) is 3.37. The highest BCUT2D eigenvalue weighted by molar-refractivity contribution is 5.48. The number of benzene rings is 1. The molecule has 1 N–H and O–H groups in total. The fourth-order valence-corrected chi connectivity index (χ4v) is 2.45. The summed E-state index contributed by atoms with van der Waals surface area (Å²) < 4.78 is 24.6. The lowest BCUT2D eigenvalue weighted by molar-refractivity contribution is -0.0553. The summed E-state index contributed by atoms with van der Waals surface area (Å²) in [5.74, 6) is -0.0153. The lowest BCUT2D eigenvalue weighted by atomic mass is 9.94. The average molecular weight is 267 g/mol. The van der Waals surface area contributed by atoms with Gasteiger partial charge in [-0.1, -0.05) is 0 Å². The van der Waals surface area contributed by atoms with E-state index in [-0.39, 0.29) is 11.4 Å². The minimum Gasteiger partial charge on any atom is -0.491 e. The molecule has 1 aromatic rings. The van der Waals surface area contributed by atoms with Crippen LogP contribution >= 0.6 is 0 Å². The van der Waals surface area contributed by atoms with Crippen molar-refractivity contribution in [1.82, 2.24) is 0 Å². The minimum absolute atomic E-state index is 0.111. The molecule has 1 aliphatic heterocycles. The number of rotatable bonds is 4. The highest BCUT2D eigenvalue weighted by Gasteiger charge is 2.28. The molecule has 106 valence electrons. The van der Waals surface area contributed by atoms with Gasteiger partial charge >= 0.3 is 0 Å². The van der Waals surface area contributed by atoms with E-state index in [4.69, 9.17) is 9.47 Å². The number of hydrogen-bond acceptors (Lipinski definition) is 3. The van der Waals surface area contributed by atoms with Gasteiger partial charge < -0.3 is 14.8 Å². The first-order valence-corrected chi connectivity index (χ1v) is 6.83. The zero-order valence-corrected chi connectivity index (χ0v) is 11.8. The molecule has 19 heavy (non-hydrogen) atoms. The van der Waals surface area contributed by atoms with Crippen LogP contribution in [0.3, 0.4) is 0 Å². The van der Waals surface area contributed by atoms with E-state index in [1.54, 1.807) is 6.07 Å². The summed E-state index contributed by atoms with van der Waals surface area (Å²) in [5.41, 5.74) is 0.684. The Bertz CT molecular complexity index is 434. The van der Waals surface area contributed by atoms with Gasteiger partial charge in [0.1, 0.15) is 0 Å². The molecule has 1 unspecified atom stereocenters. The Balaban J connectivity index is 2.01. The molecule has 1 aromatic carbocycles. The molecule has 3 nitrogen and oxygen atoms in total. The van der Waals surface area contributed by atoms with Crippen molar-refractivity contribution in [3.05, 3.63) is 24.0 Å². The van der Waals surface area contributed by atoms with Crippen molar-refractivity contribution in [3.8, 4) is 5.75 Å². The summed E-state index contributed by atoms with van der Waals surface area (Å²) in [6.45, 7) is 7.22. The molecule has 2 rings (SSSR count). The summed E-state index contributed by atoms with van der Waals surface area (Å²) in [7, 11) is 0. The van der Waals surface area contributed by atoms with Gasteiger partial charge in [0, 0.05) is 24.4 Å². The summed E-state index contributed by atoms with van der Waals surface area (Å²) in [6, 6.07) is 5.34. The van der Waals surface area contributed by atoms with E-state index in [9.17, 15) is 4.39 Å². The van der Waals surface area contributed by atoms with Crippen LogP contribution in [0.5, 0.6) is 5.75 Å². The standard InChI is InChI=1S/C15H22FNO2/c1-4-18-14-6-5-11(9-13(14)16)17-12-7-8-19-15(2,3)10-12/h5-6,9,12,17H,4,7-8,10H2,1-3H3. The first-order chi connectivity index (χ1) is 9.00. The van der Waals surface area contributed by atoms with Gasteiger partial charge in [0.05, 0.1) is 12.2 Å². The second kappa shape index (κ2) is 5.78. The van der Waals surface area contributed by atoms with Crippen LogP contribution in [0.2, 0.25) is 0 Å². The van der Waals surface area contributed by atoms with Crippen molar-refractivity contribution in [1.29, 1.82) is 0 Å². The fourth-order valence-electron chi connectivity index (χ4n) is 2.45. The number of halogens is 1. The van der Waals surface area contributed by atoms with Gasteiger partial charge in [-0.3, -0.25) is 0 Å². The second-order valence-corrected chi connectivity index (χ2v) is 5.52. The lowest BCUT2D eigenvalue weighted by Crippen LogP contribution is -2.40. The Hall–Kier alpha value is -1.29. The topological polar surface area (TPSA) is 30.5 Å². The molecule has 4 heteroatoms. The van der Waals surface area contributed by atoms with Crippen LogP contribution in [0.1, 0.15) is 33.6 Å². The Morgan fingerprint density at radius 3 is 2.89 bits per heavy atom. The molecule has 0 aromatic heterocycles. The normalized spacial score (nSPS) is 22.0. The Morgan fingerprint density at radius 2 is 2.26 bits per heavy atom. The summed E-state index contributed by atoms with van der Waals surface area (Å²) in [6.07, 6.45) is 1.86. The van der Waals surface area contributed by atoms with Crippen molar-refractivity contribution >= 4 is 5.69 Å². The first kappa shape index (κ1) is 14.1. The summed E-state index contributed by atoms with van der Waals surface area (Å²) in [4.78, 5) is 0. The largest absolute Gasteiger partial charge is 0.491 e. The molecule has 1 heterocycles. The molecule has 1 fully saturated rings. The van der Waals surface area contributed by atoms with Crippen LogP contribution in [-0.4, -0.2) is 24.9 Å². The molecule has 1 atom stereocenters. The predicted octanol–water partition coefficient (Wildman–Crippen LogP) is 3.59. The number of hydrogen-bond donors (Lipinski definition) is 1. The van der Waals surface area contributed by atoms with E-state index in [1.165, 1.54) is 6.07 Å². The molecule has 0 aliphatic carbocycles. The van der Waals surface area contributed by atoms with E-state index in [0.717, 1.165) is 25.1 Å². The van der Waals surface area contributed by atoms with Crippen molar-refractivity contribution < 1.29 is 13.9 Å². The molecule has 0 bridgehead atoms. The third-order valence-corrected chi connectivity index (χ3v) is 3.30. The van der Waals surface area contributed by atoms with Crippen LogP contribution in [-0.2, 0) is 4.74 Å². The van der Waals surface area contributed by atoms with E-state index < -0.39 is 0 Å². The minimum atomic E-state index is -0.321. The maximum atomic E-state index is 13.8. The molecular formula is C15H22FNO2. The third kappa shape index (κ3) is 3.83. The molecule has 0 radical (unpaired) electrons. The monoisotopic (exact) mass is 267 g/mol. The smallest absolute Gasteiger partial charge is 0.167 e. The highest BCUT2D eigenvalue weighted by atomic mass is 19.1. The summed E-state index contributed by atoms with van der Waals surface area (Å²) >= 11 is 0. The van der Waals surface area contributed by atoms with Crippen molar-refractivity contribution in [2.45, 2.75) is 45.3 Å². The second-order valence-electron chi connectivity index (χ2n) is 5.52. The van der Waals surface area contributed by atoms with Gasteiger partial charge in [-0.25, -0.2) is 4.39 Å². The molecule has 0 amide bonds. The van der Waals surface area contributed by atoms with Gasteiger partial charge in [-0.05, 0) is 45.7 Å². The molecule has 1 saturated heterocycles. The van der Waals surface area contributed by atoms with Gasteiger partial charge in [-0.15, -0.1) is 0 Å². The van der Waals surface area contributed by atoms with E-state index in [2.05, 4.69) is 19.2 Å². The van der Waals surface area contributed by atoms with E-state index in [1.807, 2.05) is 13.0 Å². The maximum Gasteiger partial charge on any atom is 0.167 e. The van der Waals surface area contributed by atoms with Crippen molar-refractivity contribution in [2.75, 3.05) is 18.5 Å². The Kier molecular flexibility index (Phi) is 4.30. The molecule has 0 spiro atoms. The van der Waals surface area contributed by atoms with Gasteiger partial charge in [0.15, 0.2) is 11.6 Å². The van der Waals surface area contributed by atoms with Crippen molar-refractivity contribution in [3.63, 3.8) is 0 Å². The van der Waals surface area contributed by atoms with Crippen LogP contribution < -0.4 is 10.1 Å². The third-order valence-electron chi connectivity index (χ3n) is 3.30. The molecular weight excluding hydrogens is 245 g/mol. The van der Waals surface area contributed by atoms with Gasteiger partial charge in [-0.2, -0.15) is 0 Å².